The van der Waals surface area contributed by atoms with E-state index in [2.05, 4.69) is 4.72 Å². The van der Waals surface area contributed by atoms with E-state index in [-0.39, 0.29) is 23.1 Å². The summed E-state index contributed by atoms with van der Waals surface area (Å²) in [6.45, 7) is 0.317. The number of sulfonamides is 1. The lowest BCUT2D eigenvalue weighted by atomic mass is 9.89. The summed E-state index contributed by atoms with van der Waals surface area (Å²) in [6, 6.07) is 7.94. The first-order valence-corrected chi connectivity index (χ1v) is 13.1. The summed E-state index contributed by atoms with van der Waals surface area (Å²) >= 11 is 0. The van der Waals surface area contributed by atoms with Crippen molar-refractivity contribution < 1.29 is 31.5 Å². The second-order valence-corrected chi connectivity index (χ2v) is 11.4. The minimum absolute atomic E-state index is 0.0426. The Morgan fingerprint density at radius 3 is 2.35 bits per heavy atom. The zero-order valence-electron chi connectivity index (χ0n) is 18.5. The lowest BCUT2D eigenvalue weighted by Crippen LogP contribution is -2.65. The van der Waals surface area contributed by atoms with Crippen molar-refractivity contribution in [2.45, 2.75) is 49.0 Å². The van der Waals surface area contributed by atoms with Crippen LogP contribution in [-0.2, 0) is 20.5 Å². The van der Waals surface area contributed by atoms with Gasteiger partial charge in [-0.05, 0) is 42.5 Å². The zero-order valence-corrected chi connectivity index (χ0v) is 19.3. The van der Waals surface area contributed by atoms with Gasteiger partial charge in [0.15, 0.2) is 0 Å². The Morgan fingerprint density at radius 1 is 1.15 bits per heavy atom. The van der Waals surface area contributed by atoms with Gasteiger partial charge in [-0.1, -0.05) is 30.3 Å². The fraction of sp³-hybridized carbons (Fsp3) is 0.458. The molecule has 0 radical (unpaired) electrons. The maximum atomic E-state index is 16.1. The van der Waals surface area contributed by atoms with Gasteiger partial charge in [-0.3, -0.25) is 4.79 Å². The second-order valence-electron chi connectivity index (χ2n) is 9.62. The van der Waals surface area contributed by atoms with Gasteiger partial charge in [0.05, 0.1) is 35.4 Å². The molecule has 5 rings (SSSR count). The first-order chi connectivity index (χ1) is 15.9. The van der Waals surface area contributed by atoms with E-state index in [0.717, 1.165) is 18.4 Å². The van der Waals surface area contributed by atoms with Crippen LogP contribution in [0.3, 0.4) is 0 Å². The van der Waals surface area contributed by atoms with Gasteiger partial charge < -0.3 is 10.0 Å². The van der Waals surface area contributed by atoms with Crippen molar-refractivity contribution in [2.24, 2.45) is 5.92 Å². The van der Waals surface area contributed by atoms with Crippen LogP contribution < -0.4 is 4.72 Å². The van der Waals surface area contributed by atoms with Crippen molar-refractivity contribution in [1.82, 2.24) is 9.62 Å². The molecule has 1 unspecified atom stereocenters. The van der Waals surface area contributed by atoms with Gasteiger partial charge in [0.2, 0.25) is 15.9 Å². The third kappa shape index (κ3) is 3.91. The predicted molar refractivity (Wildman–Crippen MR) is 119 cm³/mol. The van der Waals surface area contributed by atoms with E-state index in [1.165, 1.54) is 23.1 Å². The summed E-state index contributed by atoms with van der Waals surface area (Å²) < 4.78 is 71.1. The van der Waals surface area contributed by atoms with E-state index in [1.807, 2.05) is 0 Å². The van der Waals surface area contributed by atoms with Crippen molar-refractivity contribution in [2.75, 3.05) is 12.8 Å². The quantitative estimate of drug-likeness (QED) is 0.620. The van der Waals surface area contributed by atoms with Crippen LogP contribution in [0.5, 0.6) is 0 Å². The number of carbonyl (C=O) groups is 1. The van der Waals surface area contributed by atoms with E-state index < -0.39 is 56.8 Å². The molecule has 3 aliphatic rings. The Labute approximate surface area is 195 Å². The summed E-state index contributed by atoms with van der Waals surface area (Å²) in [4.78, 5) is 14.7. The summed E-state index contributed by atoms with van der Waals surface area (Å²) in [6.07, 6.45) is 2.15. The highest BCUT2D eigenvalue weighted by atomic mass is 32.2. The maximum Gasteiger partial charge on any atom is 0.229 e. The van der Waals surface area contributed by atoms with Crippen molar-refractivity contribution >= 4 is 15.9 Å². The number of hydrogen-bond acceptors (Lipinski definition) is 4. The third-order valence-corrected chi connectivity index (χ3v) is 7.90. The molecule has 1 saturated heterocycles. The molecular weight excluding hydrogens is 469 g/mol. The van der Waals surface area contributed by atoms with Gasteiger partial charge in [-0.15, -0.1) is 0 Å². The molecule has 2 aliphatic carbocycles. The third-order valence-electron chi connectivity index (χ3n) is 7.21. The Hall–Kier alpha value is -2.43. The van der Waals surface area contributed by atoms with Crippen LogP contribution in [0.1, 0.15) is 31.2 Å². The van der Waals surface area contributed by atoms with Crippen molar-refractivity contribution in [1.29, 1.82) is 0 Å². The van der Waals surface area contributed by atoms with Gasteiger partial charge >= 0.3 is 0 Å². The second kappa shape index (κ2) is 7.79. The molecule has 0 spiro atoms. The molecule has 0 bridgehead atoms. The number of nitrogens with zero attached hydrogens (tertiary/aromatic N) is 1. The minimum Gasteiger partial charge on any atom is -0.388 e. The molecule has 3 fully saturated rings. The van der Waals surface area contributed by atoms with E-state index in [1.54, 1.807) is 12.1 Å². The van der Waals surface area contributed by atoms with E-state index in [9.17, 15) is 27.1 Å². The Kier molecular flexibility index (Phi) is 5.34. The minimum atomic E-state index is -3.64. The van der Waals surface area contributed by atoms with Crippen LogP contribution >= 0.6 is 0 Å². The number of halogens is 3. The summed E-state index contributed by atoms with van der Waals surface area (Å²) in [5.41, 5.74) is -3.57. The number of hydrogen-bond donors (Lipinski definition) is 2. The molecule has 182 valence electrons. The topological polar surface area (TPSA) is 86.7 Å². The van der Waals surface area contributed by atoms with Gasteiger partial charge in [-0.2, -0.15) is 0 Å². The molecular formula is C24H25F3N2O4S. The smallest absolute Gasteiger partial charge is 0.229 e. The predicted octanol–water partition coefficient (Wildman–Crippen LogP) is 2.86. The SMILES string of the molecule is CS(=O)(=O)NC([C@@H]1CCN1C(=O)[C@@H]1C[C@@]1(F)c1ccccc1-c1c(F)cccc1F)C1(O)CC1. The van der Waals surface area contributed by atoms with Crippen molar-refractivity contribution in [3.8, 4) is 11.1 Å². The number of carbonyl (C=O) groups excluding carboxylic acids is 1. The number of alkyl halides is 1. The first kappa shape index (κ1) is 23.3. The Morgan fingerprint density at radius 2 is 1.79 bits per heavy atom. The molecule has 0 aromatic heterocycles. The molecule has 1 amide bonds. The summed E-state index contributed by atoms with van der Waals surface area (Å²) in [5, 5.41) is 10.6. The van der Waals surface area contributed by atoms with Crippen molar-refractivity contribution in [3.63, 3.8) is 0 Å². The number of nitrogens with one attached hydrogen (secondary N) is 1. The molecule has 2 saturated carbocycles. The number of amides is 1. The highest BCUT2D eigenvalue weighted by molar-refractivity contribution is 7.88. The number of likely N-dealkylation sites (tertiary alicyclic amines) is 1. The van der Waals surface area contributed by atoms with Crippen LogP contribution in [0.25, 0.3) is 11.1 Å². The molecule has 1 aliphatic heterocycles. The van der Waals surface area contributed by atoms with Crippen LogP contribution in [0, 0.1) is 17.6 Å². The summed E-state index contributed by atoms with van der Waals surface area (Å²) in [7, 11) is -3.64. The van der Waals surface area contributed by atoms with E-state index in [4.69, 9.17) is 0 Å². The van der Waals surface area contributed by atoms with Gasteiger partial charge in [0.1, 0.15) is 17.3 Å². The van der Waals surface area contributed by atoms with Crippen LogP contribution in [0.15, 0.2) is 42.5 Å². The molecule has 6 nitrogen and oxygen atoms in total. The summed E-state index contributed by atoms with van der Waals surface area (Å²) in [5.74, 6) is -3.20. The average Bonchev–Trinajstić information content (AvgIpc) is 3.63. The van der Waals surface area contributed by atoms with Gasteiger partial charge in [-0.25, -0.2) is 26.3 Å². The normalized spacial score (nSPS) is 28.2. The number of benzene rings is 2. The molecule has 2 aromatic rings. The largest absolute Gasteiger partial charge is 0.388 e. The number of rotatable bonds is 7. The van der Waals surface area contributed by atoms with Crippen LogP contribution in [-0.4, -0.2) is 54.8 Å². The average molecular weight is 495 g/mol. The standard InChI is InChI=1S/C24H25F3N2O4S/c1-34(32,33)28-21(23(31)10-11-23)19-9-12-29(19)22(30)16-13-24(16,27)15-6-3-2-5-14(15)20-17(25)7-4-8-18(20)26/h2-8,16,19,21,28,31H,9-13H2,1H3/t16-,19-,21?,24+/m0/s1. The fourth-order valence-corrected chi connectivity index (χ4v) is 5.92. The van der Waals surface area contributed by atoms with Crippen molar-refractivity contribution in [3.05, 3.63) is 59.7 Å². The molecule has 2 N–H and O–H groups in total. The fourth-order valence-electron chi connectivity index (χ4n) is 5.08. The Bertz CT molecular complexity index is 1250. The van der Waals surface area contributed by atoms with Gasteiger partial charge in [0, 0.05) is 13.0 Å². The number of aliphatic hydroxyl groups is 1. The lowest BCUT2D eigenvalue weighted by Gasteiger charge is -2.47. The molecule has 34 heavy (non-hydrogen) atoms. The highest BCUT2D eigenvalue weighted by Gasteiger charge is 2.65. The molecule has 1 heterocycles. The van der Waals surface area contributed by atoms with Gasteiger partial charge in [0.25, 0.3) is 0 Å². The lowest BCUT2D eigenvalue weighted by molar-refractivity contribution is -0.144. The monoisotopic (exact) mass is 494 g/mol. The Balaban J connectivity index is 1.41. The maximum absolute atomic E-state index is 16.1. The molecule has 4 atom stereocenters. The highest BCUT2D eigenvalue weighted by Crippen LogP contribution is 2.59. The molecule has 10 heteroatoms. The van der Waals surface area contributed by atoms with E-state index >= 15 is 4.39 Å². The molecule has 2 aromatic carbocycles. The first-order valence-electron chi connectivity index (χ1n) is 11.2. The zero-order chi connectivity index (χ0) is 24.5. The van der Waals surface area contributed by atoms with Crippen LogP contribution in [0.4, 0.5) is 13.2 Å². The van der Waals surface area contributed by atoms with Crippen LogP contribution in [0.2, 0.25) is 0 Å². The van der Waals surface area contributed by atoms with E-state index in [0.29, 0.717) is 25.8 Å².